The van der Waals surface area contributed by atoms with Crippen molar-refractivity contribution in [1.29, 1.82) is 0 Å². The number of benzene rings is 3. The number of hydrogen-bond donors (Lipinski definition) is 1. The second kappa shape index (κ2) is 10.9. The normalized spacial score (nSPS) is 13.6. The summed E-state index contributed by atoms with van der Waals surface area (Å²) in [6.45, 7) is 2.84. The highest BCUT2D eigenvalue weighted by Gasteiger charge is 2.27. The highest BCUT2D eigenvalue weighted by Crippen LogP contribution is 2.24. The zero-order valence-corrected chi connectivity index (χ0v) is 20.8. The van der Waals surface area contributed by atoms with Crippen LogP contribution >= 0.6 is 0 Å². The van der Waals surface area contributed by atoms with Crippen LogP contribution in [0, 0.1) is 12.7 Å². The first-order valence-corrected chi connectivity index (χ1v) is 13.1. The first-order valence-electron chi connectivity index (χ1n) is 11.7. The lowest BCUT2D eigenvalue weighted by atomic mass is 10.1. The Morgan fingerprint density at radius 2 is 1.72 bits per heavy atom. The van der Waals surface area contributed by atoms with E-state index in [9.17, 15) is 22.4 Å². The minimum absolute atomic E-state index is 0.0365. The van der Waals surface area contributed by atoms with Crippen LogP contribution in [-0.4, -0.2) is 38.2 Å². The second-order valence-electron chi connectivity index (χ2n) is 8.82. The number of halogens is 1. The maximum absolute atomic E-state index is 13.5. The van der Waals surface area contributed by atoms with Crippen molar-refractivity contribution in [2.75, 3.05) is 17.4 Å². The van der Waals surface area contributed by atoms with Gasteiger partial charge in [0.15, 0.2) is 0 Å². The molecule has 3 aromatic rings. The molecule has 36 heavy (non-hydrogen) atoms. The molecule has 0 aromatic heterocycles. The fraction of sp³-hybridized carbons (Fsp3) is 0.259. The Labute approximate surface area is 210 Å². The largest absolute Gasteiger partial charge is 0.350 e. The summed E-state index contributed by atoms with van der Waals surface area (Å²) in [5, 5.41) is 2.77. The fourth-order valence-electron chi connectivity index (χ4n) is 4.08. The number of hydrogen-bond acceptors (Lipinski definition) is 4. The van der Waals surface area contributed by atoms with Crippen LogP contribution in [0.25, 0.3) is 0 Å². The third-order valence-electron chi connectivity index (χ3n) is 6.04. The molecule has 1 heterocycles. The molecule has 1 aliphatic heterocycles. The number of amides is 2. The molecule has 188 valence electrons. The van der Waals surface area contributed by atoms with Gasteiger partial charge in [0.2, 0.25) is 11.8 Å². The Morgan fingerprint density at radius 1 is 1.03 bits per heavy atom. The molecule has 7 nitrogen and oxygen atoms in total. The Balaban J connectivity index is 1.47. The van der Waals surface area contributed by atoms with Gasteiger partial charge in [-0.25, -0.2) is 12.8 Å². The number of nitrogens with zero attached hydrogens (tertiary/aromatic N) is 2. The number of rotatable bonds is 9. The van der Waals surface area contributed by atoms with E-state index in [4.69, 9.17) is 0 Å². The van der Waals surface area contributed by atoms with Gasteiger partial charge in [-0.1, -0.05) is 42.0 Å². The molecule has 9 heteroatoms. The van der Waals surface area contributed by atoms with Crippen LogP contribution in [-0.2, 0) is 32.7 Å². The van der Waals surface area contributed by atoms with Crippen molar-refractivity contribution in [3.63, 3.8) is 0 Å². The molecule has 1 aliphatic rings. The number of nitrogens with one attached hydrogen (secondary N) is 1. The molecule has 0 saturated carbocycles. The van der Waals surface area contributed by atoms with Crippen molar-refractivity contribution in [2.45, 2.75) is 37.8 Å². The smallest absolute Gasteiger partial charge is 0.264 e. The Hall–Kier alpha value is -3.72. The highest BCUT2D eigenvalue weighted by molar-refractivity contribution is 7.92. The quantitative estimate of drug-likeness (QED) is 0.476. The van der Waals surface area contributed by atoms with Crippen molar-refractivity contribution in [3.05, 3.63) is 95.3 Å². The van der Waals surface area contributed by atoms with Crippen molar-refractivity contribution >= 4 is 27.5 Å². The lowest BCUT2D eigenvalue weighted by Gasteiger charge is -2.24. The first-order chi connectivity index (χ1) is 17.2. The number of sulfonamides is 1. The predicted octanol–water partition coefficient (Wildman–Crippen LogP) is 3.77. The van der Waals surface area contributed by atoms with Crippen molar-refractivity contribution in [3.8, 4) is 0 Å². The minimum Gasteiger partial charge on any atom is -0.350 e. The maximum atomic E-state index is 13.5. The molecule has 1 fully saturated rings. The molecule has 2 amide bonds. The lowest BCUT2D eigenvalue weighted by Crippen LogP contribution is -2.40. The summed E-state index contributed by atoms with van der Waals surface area (Å²) in [4.78, 5) is 26.6. The van der Waals surface area contributed by atoms with Crippen LogP contribution in [0.5, 0.6) is 0 Å². The van der Waals surface area contributed by atoms with E-state index in [-0.39, 0.29) is 23.0 Å². The van der Waals surface area contributed by atoms with Gasteiger partial charge in [0.1, 0.15) is 12.4 Å². The van der Waals surface area contributed by atoms with Gasteiger partial charge in [-0.05, 0) is 60.9 Å². The number of carbonyl (C=O) groups is 2. The SMILES string of the molecule is Cc1ccc(S(=O)(=O)N(CC(=O)NCc2cccc(CN3CCCC3=O)c2)c2ccc(F)cc2)cc1. The molecule has 0 aliphatic carbocycles. The summed E-state index contributed by atoms with van der Waals surface area (Å²) in [6.07, 6.45) is 1.44. The van der Waals surface area contributed by atoms with Gasteiger partial charge in [-0.3, -0.25) is 13.9 Å². The van der Waals surface area contributed by atoms with Gasteiger partial charge >= 0.3 is 0 Å². The number of likely N-dealkylation sites (tertiary alicyclic amines) is 1. The molecule has 1 N–H and O–H groups in total. The summed E-state index contributed by atoms with van der Waals surface area (Å²) in [6, 6.07) is 18.9. The summed E-state index contributed by atoms with van der Waals surface area (Å²) in [5.74, 6) is -0.870. The van der Waals surface area contributed by atoms with Crippen LogP contribution in [0.2, 0.25) is 0 Å². The molecular weight excluding hydrogens is 481 g/mol. The van der Waals surface area contributed by atoms with E-state index in [1.807, 2.05) is 36.1 Å². The summed E-state index contributed by atoms with van der Waals surface area (Å²) in [5.41, 5.74) is 2.88. The van der Waals surface area contributed by atoms with Crippen LogP contribution < -0.4 is 9.62 Å². The van der Waals surface area contributed by atoms with Gasteiger partial charge in [0, 0.05) is 26.1 Å². The zero-order chi connectivity index (χ0) is 25.7. The van der Waals surface area contributed by atoms with Gasteiger partial charge in [0.25, 0.3) is 10.0 Å². The monoisotopic (exact) mass is 509 g/mol. The third kappa shape index (κ3) is 6.09. The lowest BCUT2D eigenvalue weighted by molar-refractivity contribution is -0.128. The van der Waals surface area contributed by atoms with Crippen LogP contribution in [0.15, 0.2) is 77.7 Å². The molecule has 0 radical (unpaired) electrons. The molecule has 4 rings (SSSR count). The molecular formula is C27H28FN3O4S. The molecule has 0 atom stereocenters. The highest BCUT2D eigenvalue weighted by atomic mass is 32.2. The number of carbonyl (C=O) groups excluding carboxylic acids is 2. The molecule has 3 aromatic carbocycles. The van der Waals surface area contributed by atoms with E-state index in [1.54, 1.807) is 12.1 Å². The average molecular weight is 510 g/mol. The van der Waals surface area contributed by atoms with Crippen LogP contribution in [0.4, 0.5) is 10.1 Å². The maximum Gasteiger partial charge on any atom is 0.264 e. The van der Waals surface area contributed by atoms with E-state index in [1.165, 1.54) is 24.3 Å². The molecule has 1 saturated heterocycles. The number of anilines is 1. The predicted molar refractivity (Wildman–Crippen MR) is 135 cm³/mol. The van der Waals surface area contributed by atoms with Crippen LogP contribution in [0.3, 0.4) is 0 Å². The van der Waals surface area contributed by atoms with E-state index in [0.717, 1.165) is 46.1 Å². The zero-order valence-electron chi connectivity index (χ0n) is 20.0. The number of aryl methyl sites for hydroxylation is 1. The molecule has 0 bridgehead atoms. The van der Waals surface area contributed by atoms with E-state index in [2.05, 4.69) is 5.32 Å². The van der Waals surface area contributed by atoms with Crippen molar-refractivity contribution < 1.29 is 22.4 Å². The summed E-state index contributed by atoms with van der Waals surface area (Å²) >= 11 is 0. The van der Waals surface area contributed by atoms with E-state index < -0.39 is 28.3 Å². The van der Waals surface area contributed by atoms with Gasteiger partial charge in [-0.15, -0.1) is 0 Å². The van der Waals surface area contributed by atoms with E-state index >= 15 is 0 Å². The first kappa shape index (κ1) is 25.4. The van der Waals surface area contributed by atoms with Crippen molar-refractivity contribution in [1.82, 2.24) is 10.2 Å². The van der Waals surface area contributed by atoms with Crippen molar-refractivity contribution in [2.24, 2.45) is 0 Å². The Kier molecular flexibility index (Phi) is 7.69. The van der Waals surface area contributed by atoms with Gasteiger partial charge in [0.05, 0.1) is 10.6 Å². The third-order valence-corrected chi connectivity index (χ3v) is 7.82. The average Bonchev–Trinajstić information content (AvgIpc) is 3.26. The topological polar surface area (TPSA) is 86.8 Å². The molecule has 0 unspecified atom stereocenters. The van der Waals surface area contributed by atoms with E-state index in [0.29, 0.717) is 13.0 Å². The van der Waals surface area contributed by atoms with Crippen LogP contribution in [0.1, 0.15) is 29.5 Å². The Bertz CT molecular complexity index is 1340. The standard InChI is InChI=1S/C27H28FN3O4S/c1-20-7-13-25(14-8-20)36(34,35)31(24-11-9-23(28)10-12-24)19-26(32)29-17-21-4-2-5-22(16-21)18-30-15-3-6-27(30)33/h2,4-5,7-14,16H,3,6,15,17-19H2,1H3,(H,29,32). The molecule has 0 spiro atoms. The van der Waals surface area contributed by atoms with Gasteiger partial charge in [-0.2, -0.15) is 0 Å². The van der Waals surface area contributed by atoms with Gasteiger partial charge < -0.3 is 10.2 Å². The Morgan fingerprint density at radius 3 is 2.39 bits per heavy atom. The fourth-order valence-corrected chi connectivity index (χ4v) is 5.50. The second-order valence-corrected chi connectivity index (χ2v) is 10.7. The minimum atomic E-state index is -4.07. The summed E-state index contributed by atoms with van der Waals surface area (Å²) in [7, 11) is -4.07. The summed E-state index contributed by atoms with van der Waals surface area (Å²) < 4.78 is 41.3.